The predicted octanol–water partition coefficient (Wildman–Crippen LogP) is 5.73. The Labute approximate surface area is 239 Å². The molecule has 0 atom stereocenters. The monoisotopic (exact) mass is 558 g/mol. The molecule has 1 amide bonds. The number of benzene rings is 2. The molecule has 0 unspecified atom stereocenters. The highest BCUT2D eigenvalue weighted by atomic mass is 32.2. The summed E-state index contributed by atoms with van der Waals surface area (Å²) < 4.78 is 12.7. The Bertz CT molecular complexity index is 1470. The average Bonchev–Trinajstić information content (AvgIpc) is 3.42. The van der Waals surface area contributed by atoms with E-state index >= 15 is 0 Å². The molecule has 0 spiro atoms. The smallest absolute Gasteiger partial charge is 0.338 e. The van der Waals surface area contributed by atoms with Crippen LogP contribution in [0.1, 0.15) is 41.2 Å². The molecule has 40 heavy (non-hydrogen) atoms. The summed E-state index contributed by atoms with van der Waals surface area (Å²) >= 11 is 1.39. The summed E-state index contributed by atoms with van der Waals surface area (Å²) in [6, 6.07) is 17.6. The fourth-order valence-corrected chi connectivity index (χ4v) is 6.05. The Morgan fingerprint density at radius 1 is 1.05 bits per heavy atom. The van der Waals surface area contributed by atoms with Crippen molar-refractivity contribution in [2.45, 2.75) is 27.7 Å². The number of rotatable bonds is 7. The topological polar surface area (TPSA) is 76.4 Å². The predicted molar refractivity (Wildman–Crippen MR) is 161 cm³/mol. The van der Waals surface area contributed by atoms with Gasteiger partial charge in [-0.1, -0.05) is 6.07 Å². The Hall–Kier alpha value is -3.82. The van der Waals surface area contributed by atoms with Gasteiger partial charge in [0.05, 0.1) is 36.0 Å². The van der Waals surface area contributed by atoms with E-state index < -0.39 is 0 Å². The number of hydrogen-bond donors (Lipinski definition) is 0. The molecule has 2 aromatic carbocycles. The molecule has 0 bridgehead atoms. The summed E-state index contributed by atoms with van der Waals surface area (Å²) in [5.41, 5.74) is 6.26. The molecule has 9 heteroatoms. The highest BCUT2D eigenvalue weighted by Gasteiger charge is 2.32. The molecule has 2 aliphatic heterocycles. The van der Waals surface area contributed by atoms with Crippen molar-refractivity contribution in [3.63, 3.8) is 0 Å². The minimum Gasteiger partial charge on any atom is -0.462 e. The minimum atomic E-state index is -0.343. The lowest BCUT2D eigenvalue weighted by atomic mass is 10.2. The van der Waals surface area contributed by atoms with Gasteiger partial charge in [0.25, 0.3) is 5.91 Å². The fourth-order valence-electron chi connectivity index (χ4n) is 5.00. The molecule has 8 nitrogen and oxygen atoms in total. The van der Waals surface area contributed by atoms with Crippen LogP contribution in [0.2, 0.25) is 0 Å². The molecule has 0 aliphatic carbocycles. The van der Waals surface area contributed by atoms with E-state index in [1.54, 1.807) is 17.9 Å². The van der Waals surface area contributed by atoms with Crippen LogP contribution in [0.5, 0.6) is 0 Å². The fraction of sp³-hybridized carbons (Fsp3) is 0.323. The number of carbonyl (C=O) groups excluding carboxylic acids is 2. The number of esters is 1. The lowest BCUT2D eigenvalue weighted by Gasteiger charge is -2.28. The molecule has 208 valence electrons. The quantitative estimate of drug-likeness (QED) is 0.272. The number of aliphatic imine (C=N–C) groups is 1. The van der Waals surface area contributed by atoms with Gasteiger partial charge < -0.3 is 18.9 Å². The van der Waals surface area contributed by atoms with E-state index in [0.29, 0.717) is 28.8 Å². The summed E-state index contributed by atoms with van der Waals surface area (Å²) in [4.78, 5) is 35.1. The molecule has 0 radical (unpaired) electrons. The highest BCUT2D eigenvalue weighted by Crippen LogP contribution is 2.35. The van der Waals surface area contributed by atoms with E-state index in [4.69, 9.17) is 14.5 Å². The SMILES string of the molecule is CCOC(=O)c1cccc(-n2c(C)cc(/C=C3\SC(=Nc4ccc(N5CCOCC5)cc4)N(CC)C3=O)c2C)c1. The minimum absolute atomic E-state index is 0.0506. The summed E-state index contributed by atoms with van der Waals surface area (Å²) in [5, 5.41) is 0.675. The van der Waals surface area contributed by atoms with Gasteiger partial charge >= 0.3 is 5.97 Å². The van der Waals surface area contributed by atoms with Gasteiger partial charge in [-0.2, -0.15) is 0 Å². The largest absolute Gasteiger partial charge is 0.462 e. The number of likely N-dealkylation sites (N-methyl/N-ethyl adjacent to an activating group) is 1. The van der Waals surface area contributed by atoms with E-state index in [-0.39, 0.29) is 11.9 Å². The van der Waals surface area contributed by atoms with Gasteiger partial charge in [0.1, 0.15) is 0 Å². The molecule has 5 rings (SSSR count). The van der Waals surface area contributed by atoms with Crippen LogP contribution in [-0.4, -0.2) is 66.0 Å². The van der Waals surface area contributed by atoms with Crippen molar-refractivity contribution in [3.8, 4) is 5.69 Å². The third kappa shape index (κ3) is 5.71. The zero-order valence-corrected chi connectivity index (χ0v) is 24.2. The summed E-state index contributed by atoms with van der Waals surface area (Å²) in [5.74, 6) is -0.394. The van der Waals surface area contributed by atoms with E-state index in [2.05, 4.69) is 27.7 Å². The lowest BCUT2D eigenvalue weighted by molar-refractivity contribution is -0.122. The van der Waals surface area contributed by atoms with Crippen molar-refractivity contribution in [3.05, 3.63) is 82.0 Å². The summed E-state index contributed by atoms with van der Waals surface area (Å²) in [6.45, 7) is 11.9. The summed E-state index contributed by atoms with van der Waals surface area (Å²) in [6.07, 6.45) is 1.94. The maximum Gasteiger partial charge on any atom is 0.338 e. The summed E-state index contributed by atoms with van der Waals surface area (Å²) in [7, 11) is 0. The molecule has 2 fully saturated rings. The van der Waals surface area contributed by atoms with Crippen molar-refractivity contribution >= 4 is 46.3 Å². The van der Waals surface area contributed by atoms with E-state index in [1.165, 1.54) is 11.8 Å². The van der Waals surface area contributed by atoms with Crippen molar-refractivity contribution in [1.29, 1.82) is 0 Å². The second-order valence-corrected chi connectivity index (χ2v) is 10.6. The number of ether oxygens (including phenoxy) is 2. The van der Waals surface area contributed by atoms with Gasteiger partial charge in [0, 0.05) is 42.4 Å². The molecule has 1 aromatic heterocycles. The van der Waals surface area contributed by atoms with Crippen molar-refractivity contribution in [2.24, 2.45) is 4.99 Å². The molecular formula is C31H34N4O4S. The number of morpholine rings is 1. The number of amides is 1. The zero-order chi connectivity index (χ0) is 28.2. The Balaban J connectivity index is 1.40. The van der Waals surface area contributed by atoms with Crippen LogP contribution < -0.4 is 4.90 Å². The molecule has 0 saturated carbocycles. The number of amidine groups is 1. The lowest BCUT2D eigenvalue weighted by Crippen LogP contribution is -2.36. The van der Waals surface area contributed by atoms with E-state index in [9.17, 15) is 9.59 Å². The first-order valence-electron chi connectivity index (χ1n) is 13.6. The van der Waals surface area contributed by atoms with Gasteiger partial charge in [0.15, 0.2) is 5.17 Å². The second kappa shape index (κ2) is 12.1. The Kier molecular flexibility index (Phi) is 8.42. The van der Waals surface area contributed by atoms with E-state index in [1.807, 2.05) is 57.2 Å². The average molecular weight is 559 g/mol. The maximum absolute atomic E-state index is 13.3. The molecule has 0 N–H and O–H groups in total. The van der Waals surface area contributed by atoms with Crippen LogP contribution >= 0.6 is 11.8 Å². The van der Waals surface area contributed by atoms with Crippen molar-refractivity contribution < 1.29 is 19.1 Å². The zero-order valence-electron chi connectivity index (χ0n) is 23.3. The van der Waals surface area contributed by atoms with Crippen molar-refractivity contribution in [2.75, 3.05) is 44.4 Å². The number of nitrogens with zero attached hydrogens (tertiary/aromatic N) is 4. The maximum atomic E-state index is 13.3. The van der Waals surface area contributed by atoms with Gasteiger partial charge in [-0.15, -0.1) is 0 Å². The van der Waals surface area contributed by atoms with Gasteiger partial charge in [0.2, 0.25) is 0 Å². The second-order valence-electron chi connectivity index (χ2n) is 9.60. The molecule has 3 heterocycles. The Morgan fingerprint density at radius 2 is 1.80 bits per heavy atom. The third-order valence-corrected chi connectivity index (χ3v) is 8.03. The first kappa shape index (κ1) is 27.7. The Morgan fingerprint density at radius 3 is 2.50 bits per heavy atom. The highest BCUT2D eigenvalue weighted by molar-refractivity contribution is 8.18. The van der Waals surface area contributed by atoms with Crippen LogP contribution in [0.25, 0.3) is 11.8 Å². The van der Waals surface area contributed by atoms with Gasteiger partial charge in [-0.05, 0) is 99.6 Å². The van der Waals surface area contributed by atoms with Crippen LogP contribution in [0.3, 0.4) is 0 Å². The van der Waals surface area contributed by atoms with Crippen LogP contribution in [0.15, 0.2) is 64.5 Å². The normalized spacial score (nSPS) is 17.8. The molecule has 3 aromatic rings. The number of carbonyl (C=O) groups is 2. The number of anilines is 1. The first-order valence-corrected chi connectivity index (χ1v) is 14.4. The van der Waals surface area contributed by atoms with Crippen LogP contribution in [0, 0.1) is 13.8 Å². The molecule has 2 aliphatic rings. The van der Waals surface area contributed by atoms with Crippen LogP contribution in [0.4, 0.5) is 11.4 Å². The molecule has 2 saturated heterocycles. The molecular weight excluding hydrogens is 524 g/mol. The standard InChI is InChI=1S/C31H34N4O4S/c1-5-34-29(36)28(40-31(34)32-25-10-12-26(13-11-25)33-14-16-38-17-15-33)20-24-18-21(3)35(22(24)4)27-9-7-8-23(19-27)30(37)39-6-2/h7-13,18-20H,5-6,14-17H2,1-4H3/b28-20-,32-31?. The van der Waals surface area contributed by atoms with Gasteiger partial charge in [-0.25, -0.2) is 9.79 Å². The number of aromatic nitrogens is 1. The van der Waals surface area contributed by atoms with E-state index in [0.717, 1.165) is 60.3 Å². The van der Waals surface area contributed by atoms with Gasteiger partial charge in [-0.3, -0.25) is 9.69 Å². The van der Waals surface area contributed by atoms with Crippen molar-refractivity contribution in [1.82, 2.24) is 9.47 Å². The number of thioether (sulfide) groups is 1. The van der Waals surface area contributed by atoms with Crippen LogP contribution in [-0.2, 0) is 14.3 Å². The third-order valence-electron chi connectivity index (χ3n) is 7.03. The number of hydrogen-bond acceptors (Lipinski definition) is 7. The number of aryl methyl sites for hydroxylation is 1. The first-order chi connectivity index (χ1) is 19.4.